The molecular formula is C18H20O2. The Hall–Kier alpha value is -1.80. The predicted octanol–water partition coefficient (Wildman–Crippen LogP) is 3.70. The number of methoxy groups -OCH3 is 1. The molecule has 0 spiro atoms. The molecule has 3 rings (SSSR count). The largest absolute Gasteiger partial charge is 0.501 e. The predicted molar refractivity (Wildman–Crippen MR) is 80.9 cm³/mol. The zero-order valence-electron chi connectivity index (χ0n) is 11.8. The minimum absolute atomic E-state index is 0.204. The SMILES string of the molecule is COC1=CC2=CCC(c3ccccc3)=CC(O)C2CC1. The van der Waals surface area contributed by atoms with E-state index in [0.29, 0.717) is 0 Å². The number of rotatable bonds is 2. The van der Waals surface area contributed by atoms with Crippen LogP contribution in [0.25, 0.3) is 5.57 Å². The van der Waals surface area contributed by atoms with E-state index in [2.05, 4.69) is 24.3 Å². The van der Waals surface area contributed by atoms with Gasteiger partial charge >= 0.3 is 0 Å². The van der Waals surface area contributed by atoms with Crippen molar-refractivity contribution in [3.63, 3.8) is 0 Å². The Bertz CT molecular complexity index is 566. The molecular weight excluding hydrogens is 248 g/mol. The molecule has 0 saturated carbocycles. The van der Waals surface area contributed by atoms with Crippen molar-refractivity contribution in [3.05, 3.63) is 65.5 Å². The Morgan fingerprint density at radius 1 is 1.20 bits per heavy atom. The van der Waals surface area contributed by atoms with Crippen LogP contribution in [0, 0.1) is 5.92 Å². The van der Waals surface area contributed by atoms with Crippen molar-refractivity contribution in [1.82, 2.24) is 0 Å². The van der Waals surface area contributed by atoms with E-state index in [0.717, 1.165) is 25.0 Å². The highest BCUT2D eigenvalue weighted by atomic mass is 16.5. The van der Waals surface area contributed by atoms with Gasteiger partial charge in [0, 0.05) is 12.3 Å². The van der Waals surface area contributed by atoms with E-state index in [4.69, 9.17) is 4.74 Å². The molecule has 20 heavy (non-hydrogen) atoms. The molecule has 2 aliphatic rings. The second-order valence-corrected chi connectivity index (χ2v) is 5.42. The summed E-state index contributed by atoms with van der Waals surface area (Å²) in [6, 6.07) is 10.3. The molecule has 2 aliphatic carbocycles. The van der Waals surface area contributed by atoms with Crippen molar-refractivity contribution in [2.75, 3.05) is 7.11 Å². The van der Waals surface area contributed by atoms with Gasteiger partial charge in [0.1, 0.15) is 0 Å². The van der Waals surface area contributed by atoms with E-state index >= 15 is 0 Å². The Morgan fingerprint density at radius 2 is 2.00 bits per heavy atom. The highest BCUT2D eigenvalue weighted by molar-refractivity contribution is 5.68. The summed E-state index contributed by atoms with van der Waals surface area (Å²) < 4.78 is 5.35. The Labute approximate surface area is 120 Å². The fourth-order valence-corrected chi connectivity index (χ4v) is 3.05. The van der Waals surface area contributed by atoms with E-state index in [1.165, 1.54) is 16.7 Å². The van der Waals surface area contributed by atoms with Crippen LogP contribution in [-0.2, 0) is 4.74 Å². The van der Waals surface area contributed by atoms with Crippen molar-refractivity contribution in [2.24, 2.45) is 5.92 Å². The van der Waals surface area contributed by atoms with Gasteiger partial charge in [-0.15, -0.1) is 0 Å². The second kappa shape index (κ2) is 5.68. The molecule has 2 unspecified atom stereocenters. The molecule has 1 N–H and O–H groups in total. The maximum Gasteiger partial charge on any atom is 0.0958 e. The smallest absolute Gasteiger partial charge is 0.0958 e. The van der Waals surface area contributed by atoms with Crippen molar-refractivity contribution in [3.8, 4) is 0 Å². The van der Waals surface area contributed by atoms with Gasteiger partial charge in [0.25, 0.3) is 0 Å². The first-order chi connectivity index (χ1) is 9.78. The van der Waals surface area contributed by atoms with E-state index in [1.807, 2.05) is 24.3 Å². The standard InChI is InChI=1S/C18H20O2/c1-20-16-9-10-17-15(11-16)8-7-14(12-18(17)19)13-5-3-2-4-6-13/h2-6,8,11-12,17-19H,7,9-10H2,1H3. The minimum Gasteiger partial charge on any atom is -0.501 e. The summed E-state index contributed by atoms with van der Waals surface area (Å²) in [5, 5.41) is 10.5. The number of aliphatic hydroxyl groups excluding tert-OH is 1. The number of aliphatic hydroxyl groups is 1. The van der Waals surface area contributed by atoms with Crippen LogP contribution in [0.15, 0.2) is 59.9 Å². The number of fused-ring (bicyclic) bond motifs is 1. The Kier molecular flexibility index (Phi) is 3.75. The molecule has 1 aromatic rings. The number of hydrogen-bond donors (Lipinski definition) is 1. The van der Waals surface area contributed by atoms with Crippen molar-refractivity contribution < 1.29 is 9.84 Å². The van der Waals surface area contributed by atoms with Crippen molar-refractivity contribution in [1.29, 1.82) is 0 Å². The van der Waals surface area contributed by atoms with Crippen LogP contribution in [-0.4, -0.2) is 18.3 Å². The lowest BCUT2D eigenvalue weighted by atomic mass is 9.84. The number of allylic oxidation sites excluding steroid dienone is 4. The highest BCUT2D eigenvalue weighted by Crippen LogP contribution is 2.36. The van der Waals surface area contributed by atoms with E-state index in [-0.39, 0.29) is 5.92 Å². The quantitative estimate of drug-likeness (QED) is 0.886. The Morgan fingerprint density at radius 3 is 2.75 bits per heavy atom. The fourth-order valence-electron chi connectivity index (χ4n) is 3.05. The molecule has 1 aromatic carbocycles. The number of benzene rings is 1. The van der Waals surface area contributed by atoms with Crippen LogP contribution in [0.4, 0.5) is 0 Å². The minimum atomic E-state index is -0.409. The normalized spacial score (nSPS) is 25.8. The molecule has 0 fully saturated rings. The molecule has 0 heterocycles. The lowest BCUT2D eigenvalue weighted by Gasteiger charge is -2.26. The lowest BCUT2D eigenvalue weighted by molar-refractivity contribution is 0.158. The van der Waals surface area contributed by atoms with Crippen LogP contribution < -0.4 is 0 Å². The molecule has 2 nitrogen and oxygen atoms in total. The zero-order valence-corrected chi connectivity index (χ0v) is 11.8. The first-order valence-corrected chi connectivity index (χ1v) is 7.16. The van der Waals surface area contributed by atoms with Gasteiger partial charge in [-0.1, -0.05) is 42.5 Å². The summed E-state index contributed by atoms with van der Waals surface area (Å²) in [5.74, 6) is 1.22. The van der Waals surface area contributed by atoms with Gasteiger partial charge in [-0.05, 0) is 35.6 Å². The number of ether oxygens (including phenoxy) is 1. The van der Waals surface area contributed by atoms with Gasteiger partial charge < -0.3 is 9.84 Å². The monoisotopic (exact) mass is 268 g/mol. The van der Waals surface area contributed by atoms with E-state index in [1.54, 1.807) is 7.11 Å². The summed E-state index contributed by atoms with van der Waals surface area (Å²) in [4.78, 5) is 0. The van der Waals surface area contributed by atoms with Crippen molar-refractivity contribution in [2.45, 2.75) is 25.4 Å². The molecule has 0 amide bonds. The van der Waals surface area contributed by atoms with Crippen LogP contribution >= 0.6 is 0 Å². The zero-order chi connectivity index (χ0) is 13.9. The third-order valence-electron chi connectivity index (χ3n) is 4.21. The third kappa shape index (κ3) is 2.56. The van der Waals surface area contributed by atoms with Crippen LogP contribution in [0.3, 0.4) is 0 Å². The maximum absolute atomic E-state index is 10.5. The number of hydrogen-bond acceptors (Lipinski definition) is 2. The second-order valence-electron chi connectivity index (χ2n) is 5.42. The van der Waals surface area contributed by atoms with Gasteiger partial charge in [0.2, 0.25) is 0 Å². The molecule has 2 heteroatoms. The summed E-state index contributed by atoms with van der Waals surface area (Å²) in [6.07, 6.45) is 8.66. The van der Waals surface area contributed by atoms with E-state index < -0.39 is 6.10 Å². The average molecular weight is 268 g/mol. The Balaban J connectivity index is 1.92. The van der Waals surface area contributed by atoms with Crippen molar-refractivity contribution >= 4 is 5.57 Å². The molecule has 0 aliphatic heterocycles. The maximum atomic E-state index is 10.5. The summed E-state index contributed by atoms with van der Waals surface area (Å²) in [5.41, 5.74) is 3.60. The van der Waals surface area contributed by atoms with Crippen LogP contribution in [0.2, 0.25) is 0 Å². The third-order valence-corrected chi connectivity index (χ3v) is 4.21. The molecule has 0 radical (unpaired) electrons. The first-order valence-electron chi connectivity index (χ1n) is 7.16. The molecule has 0 bridgehead atoms. The van der Waals surface area contributed by atoms with Gasteiger partial charge in [0.15, 0.2) is 0 Å². The van der Waals surface area contributed by atoms with E-state index in [9.17, 15) is 5.11 Å². The lowest BCUT2D eigenvalue weighted by Crippen LogP contribution is -2.22. The van der Waals surface area contributed by atoms with Gasteiger partial charge in [-0.3, -0.25) is 0 Å². The molecule has 0 saturated heterocycles. The van der Waals surface area contributed by atoms with Crippen LogP contribution in [0.5, 0.6) is 0 Å². The molecule has 2 atom stereocenters. The topological polar surface area (TPSA) is 29.5 Å². The van der Waals surface area contributed by atoms with Gasteiger partial charge in [-0.25, -0.2) is 0 Å². The van der Waals surface area contributed by atoms with Gasteiger partial charge in [-0.2, -0.15) is 0 Å². The summed E-state index contributed by atoms with van der Waals surface area (Å²) in [7, 11) is 1.72. The molecule has 0 aromatic heterocycles. The van der Waals surface area contributed by atoms with Gasteiger partial charge in [0.05, 0.1) is 19.0 Å². The summed E-state index contributed by atoms with van der Waals surface area (Å²) >= 11 is 0. The average Bonchev–Trinajstić information content (AvgIpc) is 2.67. The molecule has 104 valence electrons. The first kappa shape index (κ1) is 13.2. The highest BCUT2D eigenvalue weighted by Gasteiger charge is 2.27. The summed E-state index contributed by atoms with van der Waals surface area (Å²) in [6.45, 7) is 0. The van der Waals surface area contributed by atoms with Crippen LogP contribution in [0.1, 0.15) is 24.8 Å². The fraction of sp³-hybridized carbons (Fsp3) is 0.333.